The Bertz CT molecular complexity index is 106. The summed E-state index contributed by atoms with van der Waals surface area (Å²) in [6, 6.07) is 0. The Hall–Kier alpha value is 0.160. The van der Waals surface area contributed by atoms with Gasteiger partial charge < -0.3 is 9.64 Å². The van der Waals surface area contributed by atoms with Gasteiger partial charge in [0.25, 0.3) is 0 Å². The van der Waals surface area contributed by atoms with Crippen molar-refractivity contribution in [1.82, 2.24) is 4.90 Å². The van der Waals surface area contributed by atoms with Crippen LogP contribution in [0.2, 0.25) is 0 Å². The molecule has 0 fully saturated rings. The third-order valence-corrected chi connectivity index (χ3v) is 1.53. The number of halogens is 1. The largest absolute Gasteiger partial charge is 0.464 e. The van der Waals surface area contributed by atoms with E-state index in [1.54, 1.807) is 0 Å². The number of esters is 1. The second-order valence-electron chi connectivity index (χ2n) is 2.16. The second-order valence-corrected chi connectivity index (χ2v) is 2.92. The van der Waals surface area contributed by atoms with Crippen LogP contribution in [0.4, 0.5) is 0 Å². The average molecular weight is 257 g/mol. The quantitative estimate of drug-likeness (QED) is 0.418. The van der Waals surface area contributed by atoms with E-state index in [9.17, 15) is 4.79 Å². The molecule has 0 amide bonds. The van der Waals surface area contributed by atoms with Crippen molar-refractivity contribution in [3.05, 3.63) is 0 Å². The van der Waals surface area contributed by atoms with Gasteiger partial charge in [-0.3, -0.25) is 4.79 Å². The SMILES string of the molecule is CN(C)CCOC(=O)CI. The Morgan fingerprint density at radius 1 is 1.60 bits per heavy atom. The fraction of sp³-hybridized carbons (Fsp3) is 0.833. The number of ether oxygens (including phenoxy) is 1. The molecule has 3 nitrogen and oxygen atoms in total. The van der Waals surface area contributed by atoms with Gasteiger partial charge in [0.2, 0.25) is 0 Å². The van der Waals surface area contributed by atoms with E-state index >= 15 is 0 Å². The molecule has 0 spiro atoms. The Morgan fingerprint density at radius 2 is 2.20 bits per heavy atom. The molecule has 0 aliphatic rings. The number of hydrogen-bond donors (Lipinski definition) is 0. The maximum atomic E-state index is 10.5. The molecule has 0 aliphatic carbocycles. The van der Waals surface area contributed by atoms with E-state index in [4.69, 9.17) is 4.74 Å². The third-order valence-electron chi connectivity index (χ3n) is 0.911. The molecule has 60 valence electrons. The molecule has 0 unspecified atom stereocenters. The number of carbonyl (C=O) groups excluding carboxylic acids is 1. The van der Waals surface area contributed by atoms with Crippen molar-refractivity contribution in [2.24, 2.45) is 0 Å². The van der Waals surface area contributed by atoms with Crippen LogP contribution in [0.5, 0.6) is 0 Å². The molecule has 0 aliphatic heterocycles. The minimum atomic E-state index is -0.137. The first kappa shape index (κ1) is 10.2. The van der Waals surface area contributed by atoms with E-state index in [0.717, 1.165) is 6.54 Å². The van der Waals surface area contributed by atoms with E-state index in [2.05, 4.69) is 0 Å². The molecule has 0 aromatic rings. The molecule has 0 N–H and O–H groups in total. The minimum absolute atomic E-state index is 0.137. The van der Waals surface area contributed by atoms with E-state index in [1.165, 1.54) is 0 Å². The highest BCUT2D eigenvalue weighted by Gasteiger charge is 1.97. The van der Waals surface area contributed by atoms with Crippen LogP contribution in [0.3, 0.4) is 0 Å². The van der Waals surface area contributed by atoms with Gasteiger partial charge in [-0.2, -0.15) is 0 Å². The van der Waals surface area contributed by atoms with Gasteiger partial charge in [-0.15, -0.1) is 0 Å². The molecule has 0 saturated heterocycles. The monoisotopic (exact) mass is 257 g/mol. The molecular formula is C6H12INO2. The highest BCUT2D eigenvalue weighted by atomic mass is 127. The van der Waals surface area contributed by atoms with Gasteiger partial charge in [-0.1, -0.05) is 22.6 Å². The Kier molecular flexibility index (Phi) is 6.00. The van der Waals surface area contributed by atoms with Crippen molar-refractivity contribution < 1.29 is 9.53 Å². The zero-order chi connectivity index (χ0) is 7.98. The second kappa shape index (κ2) is 5.91. The van der Waals surface area contributed by atoms with Gasteiger partial charge in [0, 0.05) is 6.54 Å². The number of nitrogens with zero attached hydrogens (tertiary/aromatic N) is 1. The standard InChI is InChI=1S/C6H12INO2/c1-8(2)3-4-10-6(9)5-7/h3-5H2,1-2H3. The van der Waals surface area contributed by atoms with Crippen LogP contribution >= 0.6 is 22.6 Å². The molecule has 0 bridgehead atoms. The Morgan fingerprint density at radius 3 is 2.60 bits per heavy atom. The lowest BCUT2D eigenvalue weighted by Crippen LogP contribution is -2.20. The average Bonchev–Trinajstić information content (AvgIpc) is 1.87. The van der Waals surface area contributed by atoms with Crippen LogP contribution in [-0.2, 0) is 9.53 Å². The highest BCUT2D eigenvalue weighted by molar-refractivity contribution is 14.1. The van der Waals surface area contributed by atoms with Crippen molar-refractivity contribution in [1.29, 1.82) is 0 Å². The Labute approximate surface area is 74.9 Å². The van der Waals surface area contributed by atoms with Crippen molar-refractivity contribution in [3.63, 3.8) is 0 Å². The van der Waals surface area contributed by atoms with E-state index < -0.39 is 0 Å². The lowest BCUT2D eigenvalue weighted by molar-refractivity contribution is -0.140. The van der Waals surface area contributed by atoms with Gasteiger partial charge in [0.05, 0.1) is 4.43 Å². The normalized spacial score (nSPS) is 10.0. The molecule has 0 radical (unpaired) electrons. The lowest BCUT2D eigenvalue weighted by atomic mass is 10.6. The predicted octanol–water partition coefficient (Wildman–Crippen LogP) is 0.526. The van der Waals surface area contributed by atoms with Crippen molar-refractivity contribution in [2.45, 2.75) is 0 Å². The van der Waals surface area contributed by atoms with E-state index in [0.29, 0.717) is 11.0 Å². The molecular weight excluding hydrogens is 245 g/mol. The number of alkyl halides is 1. The Balaban J connectivity index is 3.12. The summed E-state index contributed by atoms with van der Waals surface area (Å²) in [6.07, 6.45) is 0. The molecule has 4 heteroatoms. The van der Waals surface area contributed by atoms with Gasteiger partial charge in [-0.05, 0) is 14.1 Å². The smallest absolute Gasteiger partial charge is 0.315 e. The summed E-state index contributed by atoms with van der Waals surface area (Å²) in [5, 5.41) is 0. The number of likely N-dealkylation sites (N-methyl/N-ethyl adjacent to an activating group) is 1. The summed E-state index contributed by atoms with van der Waals surface area (Å²) in [7, 11) is 3.88. The number of rotatable bonds is 4. The molecule has 10 heavy (non-hydrogen) atoms. The van der Waals surface area contributed by atoms with Gasteiger partial charge in [0.1, 0.15) is 6.61 Å². The fourth-order valence-electron chi connectivity index (χ4n) is 0.381. The zero-order valence-corrected chi connectivity index (χ0v) is 8.42. The summed E-state index contributed by atoms with van der Waals surface area (Å²) in [5.41, 5.74) is 0. The number of hydrogen-bond acceptors (Lipinski definition) is 3. The summed E-state index contributed by atoms with van der Waals surface area (Å²) >= 11 is 1.98. The minimum Gasteiger partial charge on any atom is -0.464 e. The van der Waals surface area contributed by atoms with E-state index in [1.807, 2.05) is 41.6 Å². The van der Waals surface area contributed by atoms with Crippen LogP contribution in [0.25, 0.3) is 0 Å². The van der Waals surface area contributed by atoms with Crippen LogP contribution in [-0.4, -0.2) is 42.5 Å². The van der Waals surface area contributed by atoms with Crippen LogP contribution < -0.4 is 0 Å². The topological polar surface area (TPSA) is 29.5 Å². The van der Waals surface area contributed by atoms with Gasteiger partial charge in [0.15, 0.2) is 0 Å². The molecule has 0 atom stereocenters. The van der Waals surface area contributed by atoms with Crippen molar-refractivity contribution >= 4 is 28.6 Å². The predicted molar refractivity (Wildman–Crippen MR) is 48.4 cm³/mol. The highest BCUT2D eigenvalue weighted by Crippen LogP contribution is 1.86. The number of carbonyl (C=O) groups is 1. The van der Waals surface area contributed by atoms with Gasteiger partial charge in [-0.25, -0.2) is 0 Å². The molecule has 0 heterocycles. The first-order valence-corrected chi connectivity index (χ1v) is 4.55. The van der Waals surface area contributed by atoms with Crippen LogP contribution in [0.1, 0.15) is 0 Å². The molecule has 0 rings (SSSR count). The maximum Gasteiger partial charge on any atom is 0.315 e. The molecule has 0 aromatic carbocycles. The first-order valence-electron chi connectivity index (χ1n) is 3.03. The summed E-state index contributed by atoms with van der Waals surface area (Å²) in [6.45, 7) is 1.29. The zero-order valence-electron chi connectivity index (χ0n) is 6.26. The lowest BCUT2D eigenvalue weighted by Gasteiger charge is -2.08. The summed E-state index contributed by atoms with van der Waals surface area (Å²) < 4.78 is 5.25. The fourth-order valence-corrected chi connectivity index (χ4v) is 0.601. The summed E-state index contributed by atoms with van der Waals surface area (Å²) in [5.74, 6) is -0.137. The van der Waals surface area contributed by atoms with Crippen molar-refractivity contribution in [2.75, 3.05) is 31.7 Å². The van der Waals surface area contributed by atoms with Gasteiger partial charge >= 0.3 is 5.97 Å². The third kappa shape index (κ3) is 6.28. The van der Waals surface area contributed by atoms with Crippen molar-refractivity contribution in [3.8, 4) is 0 Å². The molecule has 0 aromatic heterocycles. The van der Waals surface area contributed by atoms with Crippen LogP contribution in [0.15, 0.2) is 0 Å². The molecule has 0 saturated carbocycles. The van der Waals surface area contributed by atoms with E-state index in [-0.39, 0.29) is 5.97 Å². The maximum absolute atomic E-state index is 10.5. The first-order chi connectivity index (χ1) is 4.66. The van der Waals surface area contributed by atoms with Crippen LogP contribution in [0, 0.1) is 0 Å². The summed E-state index contributed by atoms with van der Waals surface area (Å²) in [4.78, 5) is 12.5.